The third kappa shape index (κ3) is 5.84. The fraction of sp³-hybridized carbons (Fsp3) is 0.200. The predicted octanol–water partition coefficient (Wildman–Crippen LogP) is 7.35. The summed E-state index contributed by atoms with van der Waals surface area (Å²) in [6.45, 7) is 7.75. The van der Waals surface area contributed by atoms with E-state index in [1.807, 2.05) is 48.7 Å². The molecular formula is C30H29N5OS. The van der Waals surface area contributed by atoms with Gasteiger partial charge in [-0.2, -0.15) is 0 Å². The summed E-state index contributed by atoms with van der Waals surface area (Å²) in [5.41, 5.74) is 6.81. The number of anilines is 1. The number of pyridine rings is 1. The fourth-order valence-corrected chi connectivity index (χ4v) is 4.97. The normalized spacial score (nSPS) is 10.9. The van der Waals surface area contributed by atoms with Crippen LogP contribution in [0.25, 0.3) is 33.3 Å². The molecule has 0 fully saturated rings. The Kier molecular flexibility index (Phi) is 7.51. The Morgan fingerprint density at radius 1 is 0.838 bits per heavy atom. The number of aryl methyl sites for hydroxylation is 2. The standard InChI is InChI=1S/C30H29N5OS/c1-4-13-32-30-33-18-27(37-30)25-17-26(35-29(34-25)24-12-8-9-14-31-24)28-20(2)15-23(16-21(28)3)36-19-22-10-6-5-7-11-22/h5-12,14-18H,4,13,19H2,1-3H3,(H,32,33). The number of nitrogens with zero attached hydrogens (tertiary/aromatic N) is 4. The van der Waals surface area contributed by atoms with E-state index >= 15 is 0 Å². The second kappa shape index (κ2) is 11.3. The van der Waals surface area contributed by atoms with Crippen LogP contribution in [0.2, 0.25) is 0 Å². The fourth-order valence-electron chi connectivity index (χ4n) is 4.17. The highest BCUT2D eigenvalue weighted by atomic mass is 32.1. The van der Waals surface area contributed by atoms with Crippen molar-refractivity contribution in [2.75, 3.05) is 11.9 Å². The molecule has 0 aliphatic carbocycles. The minimum atomic E-state index is 0.528. The van der Waals surface area contributed by atoms with Gasteiger partial charge in [0.15, 0.2) is 11.0 Å². The van der Waals surface area contributed by atoms with Crippen molar-refractivity contribution in [2.45, 2.75) is 33.8 Å². The number of ether oxygens (including phenoxy) is 1. The van der Waals surface area contributed by atoms with Crippen LogP contribution in [0, 0.1) is 13.8 Å². The molecule has 7 heteroatoms. The van der Waals surface area contributed by atoms with E-state index in [2.05, 4.69) is 60.3 Å². The van der Waals surface area contributed by atoms with E-state index in [1.165, 1.54) is 0 Å². The van der Waals surface area contributed by atoms with Crippen molar-refractivity contribution in [1.82, 2.24) is 19.9 Å². The van der Waals surface area contributed by atoms with Gasteiger partial charge in [-0.05, 0) is 67.3 Å². The monoisotopic (exact) mass is 507 g/mol. The van der Waals surface area contributed by atoms with Crippen molar-refractivity contribution in [2.24, 2.45) is 0 Å². The smallest absolute Gasteiger partial charge is 0.183 e. The van der Waals surface area contributed by atoms with Crippen LogP contribution in [0.15, 0.2) is 79.1 Å². The van der Waals surface area contributed by atoms with E-state index in [0.717, 1.165) is 68.1 Å². The van der Waals surface area contributed by atoms with Crippen LogP contribution in [-0.2, 0) is 6.61 Å². The van der Waals surface area contributed by atoms with Crippen LogP contribution >= 0.6 is 11.3 Å². The molecule has 0 saturated heterocycles. The molecule has 2 aromatic carbocycles. The first-order chi connectivity index (χ1) is 18.1. The maximum Gasteiger partial charge on any atom is 0.183 e. The summed E-state index contributed by atoms with van der Waals surface area (Å²) in [6.07, 6.45) is 4.68. The lowest BCUT2D eigenvalue weighted by Crippen LogP contribution is -2.00. The molecule has 0 radical (unpaired) electrons. The SMILES string of the molecule is CCCNc1ncc(-c2cc(-c3c(C)cc(OCc4ccccc4)cc3C)nc(-c3ccccn3)n2)s1. The van der Waals surface area contributed by atoms with E-state index in [4.69, 9.17) is 14.7 Å². The van der Waals surface area contributed by atoms with Crippen LogP contribution in [0.4, 0.5) is 5.13 Å². The second-order valence-electron chi connectivity index (χ2n) is 8.84. The maximum atomic E-state index is 6.11. The van der Waals surface area contributed by atoms with Crippen molar-refractivity contribution in [3.8, 4) is 39.1 Å². The number of hydrogen-bond donors (Lipinski definition) is 1. The first-order valence-electron chi connectivity index (χ1n) is 12.4. The third-order valence-electron chi connectivity index (χ3n) is 5.92. The second-order valence-corrected chi connectivity index (χ2v) is 9.87. The summed E-state index contributed by atoms with van der Waals surface area (Å²) >= 11 is 1.60. The molecule has 0 saturated carbocycles. The Labute approximate surface area is 221 Å². The molecule has 0 atom stereocenters. The summed E-state index contributed by atoms with van der Waals surface area (Å²) in [5, 5.41) is 4.26. The minimum absolute atomic E-state index is 0.528. The van der Waals surface area contributed by atoms with E-state index < -0.39 is 0 Å². The van der Waals surface area contributed by atoms with Gasteiger partial charge in [-0.3, -0.25) is 4.98 Å². The highest BCUT2D eigenvalue weighted by molar-refractivity contribution is 7.18. The zero-order valence-electron chi connectivity index (χ0n) is 21.2. The maximum absolute atomic E-state index is 6.11. The van der Waals surface area contributed by atoms with E-state index in [9.17, 15) is 0 Å². The Hall–Kier alpha value is -4.10. The lowest BCUT2D eigenvalue weighted by Gasteiger charge is -2.15. The Balaban J connectivity index is 1.53. The van der Waals surface area contributed by atoms with Crippen molar-refractivity contribution in [3.05, 3.63) is 95.8 Å². The molecule has 3 heterocycles. The number of hydrogen-bond acceptors (Lipinski definition) is 7. The summed E-state index contributed by atoms with van der Waals surface area (Å²) in [7, 11) is 0. The largest absolute Gasteiger partial charge is 0.489 e. The average molecular weight is 508 g/mol. The Bertz CT molecular complexity index is 1460. The summed E-state index contributed by atoms with van der Waals surface area (Å²) in [4.78, 5) is 19.9. The van der Waals surface area contributed by atoms with Crippen LogP contribution in [0.3, 0.4) is 0 Å². The quantitative estimate of drug-likeness (QED) is 0.225. The van der Waals surface area contributed by atoms with E-state index in [1.54, 1.807) is 17.5 Å². The number of nitrogens with one attached hydrogen (secondary N) is 1. The summed E-state index contributed by atoms with van der Waals surface area (Å²) < 4.78 is 6.11. The van der Waals surface area contributed by atoms with Gasteiger partial charge in [0.05, 0.1) is 16.3 Å². The number of rotatable bonds is 9. The molecule has 0 aliphatic rings. The van der Waals surface area contributed by atoms with Crippen molar-refractivity contribution < 1.29 is 4.74 Å². The van der Waals surface area contributed by atoms with Gasteiger partial charge in [-0.1, -0.05) is 54.7 Å². The Morgan fingerprint density at radius 2 is 1.59 bits per heavy atom. The van der Waals surface area contributed by atoms with Gasteiger partial charge in [-0.15, -0.1) is 0 Å². The molecule has 6 nitrogen and oxygen atoms in total. The number of aromatic nitrogens is 4. The lowest BCUT2D eigenvalue weighted by atomic mass is 9.98. The summed E-state index contributed by atoms with van der Waals surface area (Å²) in [6, 6.07) is 22.2. The van der Waals surface area contributed by atoms with Crippen molar-refractivity contribution in [3.63, 3.8) is 0 Å². The van der Waals surface area contributed by atoms with Crippen molar-refractivity contribution >= 4 is 16.5 Å². The van der Waals surface area contributed by atoms with Gasteiger partial charge in [-0.25, -0.2) is 15.0 Å². The Morgan fingerprint density at radius 3 is 2.32 bits per heavy atom. The molecule has 1 N–H and O–H groups in total. The van der Waals surface area contributed by atoms with E-state index in [-0.39, 0.29) is 0 Å². The number of benzene rings is 2. The molecule has 0 bridgehead atoms. The molecule has 0 amide bonds. The first kappa shape index (κ1) is 24.6. The molecule has 5 rings (SSSR count). The zero-order chi connectivity index (χ0) is 25.6. The van der Waals surface area contributed by atoms with Crippen LogP contribution in [0.1, 0.15) is 30.0 Å². The van der Waals surface area contributed by atoms with Gasteiger partial charge in [0.2, 0.25) is 0 Å². The average Bonchev–Trinajstić information content (AvgIpc) is 3.40. The molecule has 5 aromatic rings. The van der Waals surface area contributed by atoms with Crippen LogP contribution in [0.5, 0.6) is 5.75 Å². The first-order valence-corrected chi connectivity index (χ1v) is 13.2. The van der Waals surface area contributed by atoms with Gasteiger partial charge in [0.1, 0.15) is 18.1 Å². The van der Waals surface area contributed by atoms with Gasteiger partial charge < -0.3 is 10.1 Å². The van der Waals surface area contributed by atoms with Gasteiger partial charge in [0.25, 0.3) is 0 Å². The summed E-state index contributed by atoms with van der Waals surface area (Å²) in [5.74, 6) is 1.43. The zero-order valence-corrected chi connectivity index (χ0v) is 22.0. The molecule has 0 unspecified atom stereocenters. The molecule has 37 heavy (non-hydrogen) atoms. The van der Waals surface area contributed by atoms with Crippen molar-refractivity contribution in [1.29, 1.82) is 0 Å². The molecular weight excluding hydrogens is 478 g/mol. The highest BCUT2D eigenvalue weighted by Crippen LogP contribution is 2.35. The van der Waals surface area contributed by atoms with E-state index in [0.29, 0.717) is 12.4 Å². The van der Waals surface area contributed by atoms with Gasteiger partial charge in [0, 0.05) is 24.5 Å². The van der Waals surface area contributed by atoms with Crippen LogP contribution in [-0.4, -0.2) is 26.5 Å². The predicted molar refractivity (Wildman–Crippen MR) is 151 cm³/mol. The topological polar surface area (TPSA) is 72.8 Å². The minimum Gasteiger partial charge on any atom is -0.489 e. The lowest BCUT2D eigenvalue weighted by molar-refractivity contribution is 0.306. The highest BCUT2D eigenvalue weighted by Gasteiger charge is 2.16. The molecule has 0 aliphatic heterocycles. The number of thiazole rings is 1. The molecule has 3 aromatic heterocycles. The molecule has 186 valence electrons. The third-order valence-corrected chi connectivity index (χ3v) is 6.89. The van der Waals surface area contributed by atoms with Gasteiger partial charge >= 0.3 is 0 Å². The molecule has 0 spiro atoms. The van der Waals surface area contributed by atoms with Crippen LogP contribution < -0.4 is 10.1 Å².